The maximum atomic E-state index is 14.5. The molecule has 0 unspecified atom stereocenters. The molecule has 0 N–H and O–H groups in total. The second-order valence-electron chi connectivity index (χ2n) is 11.5. The van der Waals surface area contributed by atoms with Gasteiger partial charge in [0.25, 0.3) is 5.56 Å². The van der Waals surface area contributed by atoms with E-state index in [-0.39, 0.29) is 11.6 Å². The van der Waals surface area contributed by atoms with E-state index in [1.165, 1.54) is 16.9 Å². The van der Waals surface area contributed by atoms with Gasteiger partial charge in [0.15, 0.2) is 16.3 Å². The van der Waals surface area contributed by atoms with Gasteiger partial charge in [0.1, 0.15) is 0 Å². The van der Waals surface area contributed by atoms with Gasteiger partial charge in [-0.25, -0.2) is 4.99 Å². The topological polar surface area (TPSA) is 57.8 Å². The normalized spacial score (nSPS) is 15.7. The minimum Gasteiger partial charge on any atom is -0.493 e. The fourth-order valence-electron chi connectivity index (χ4n) is 6.82. The molecule has 0 bridgehead atoms. The number of methoxy groups -OCH3 is 2. The maximum absolute atomic E-state index is 14.5. The van der Waals surface area contributed by atoms with Crippen LogP contribution in [0.15, 0.2) is 113 Å². The van der Waals surface area contributed by atoms with Gasteiger partial charge < -0.3 is 14.0 Å². The third-order valence-corrected chi connectivity index (χ3v) is 10.4. The highest BCUT2D eigenvalue weighted by Gasteiger charge is 2.33. The van der Waals surface area contributed by atoms with E-state index < -0.39 is 0 Å². The van der Waals surface area contributed by atoms with Crippen molar-refractivity contribution in [1.29, 1.82) is 0 Å². The standard InChI is InChI=1S/C38H30ClN3O3S/c1-44-32-18-16-24(19-33(32)45-2)36-29-17-15-23-9-3-5-12-28(23)35(29)40-38-42(36)37(43)34(46-38)20-26-22-41(31-14-8-6-11-27(26)31)21-25-10-4-7-13-30(25)39/h3-14,16,18-20,22,36H,15,17,21H2,1-2H3/b34-20-/t36-/m0/s1. The number of ether oxygens (including phenoxy) is 2. The van der Waals surface area contributed by atoms with Gasteiger partial charge in [0.05, 0.1) is 30.5 Å². The Morgan fingerprint density at radius 3 is 2.57 bits per heavy atom. The van der Waals surface area contributed by atoms with E-state index in [1.54, 1.807) is 14.2 Å². The molecule has 8 heteroatoms. The molecule has 6 aromatic rings. The van der Waals surface area contributed by atoms with Crippen molar-refractivity contribution < 1.29 is 9.47 Å². The highest BCUT2D eigenvalue weighted by Crippen LogP contribution is 2.42. The molecular weight excluding hydrogens is 614 g/mol. The largest absolute Gasteiger partial charge is 0.493 e. The van der Waals surface area contributed by atoms with E-state index in [4.69, 9.17) is 26.1 Å². The lowest BCUT2D eigenvalue weighted by atomic mass is 9.83. The zero-order valence-corrected chi connectivity index (χ0v) is 26.9. The SMILES string of the molecule is COc1ccc([C@H]2C3=C(N=c4s/c(=C\c5cn(Cc6ccccc6Cl)c6ccccc56)c(=O)n42)c2ccccc2CC3)cc1OC. The fourth-order valence-corrected chi connectivity index (χ4v) is 8.00. The van der Waals surface area contributed by atoms with Crippen LogP contribution in [0, 0.1) is 0 Å². The van der Waals surface area contributed by atoms with Gasteiger partial charge in [0, 0.05) is 39.8 Å². The van der Waals surface area contributed by atoms with Crippen LogP contribution in [0.2, 0.25) is 5.02 Å². The number of aromatic nitrogens is 2. The van der Waals surface area contributed by atoms with Gasteiger partial charge in [-0.2, -0.15) is 0 Å². The first-order valence-electron chi connectivity index (χ1n) is 15.2. The first kappa shape index (κ1) is 28.6. The zero-order valence-electron chi connectivity index (χ0n) is 25.4. The Hall–Kier alpha value is -4.85. The molecule has 0 radical (unpaired) electrons. The fraction of sp³-hybridized carbons (Fsp3) is 0.158. The second kappa shape index (κ2) is 11.5. The Balaban J connectivity index is 1.33. The average molecular weight is 644 g/mol. The van der Waals surface area contributed by atoms with Gasteiger partial charge in [-0.1, -0.05) is 89.7 Å². The van der Waals surface area contributed by atoms with Crippen molar-refractivity contribution in [2.45, 2.75) is 25.4 Å². The number of nitrogens with zero attached hydrogens (tertiary/aromatic N) is 3. The monoisotopic (exact) mass is 643 g/mol. The van der Waals surface area contributed by atoms with Crippen LogP contribution in [0.1, 0.15) is 40.3 Å². The summed E-state index contributed by atoms with van der Waals surface area (Å²) in [4.78, 5) is 20.3. The Kier molecular flexibility index (Phi) is 7.15. The van der Waals surface area contributed by atoms with E-state index in [0.717, 1.165) is 62.3 Å². The lowest BCUT2D eigenvalue weighted by molar-refractivity contribution is 0.354. The smallest absolute Gasteiger partial charge is 0.271 e. The number of hydrogen-bond donors (Lipinski definition) is 0. The Labute approximate surface area is 274 Å². The number of para-hydroxylation sites is 1. The molecule has 8 rings (SSSR count). The number of rotatable bonds is 6. The molecule has 0 saturated carbocycles. The molecule has 0 fully saturated rings. The lowest BCUT2D eigenvalue weighted by Crippen LogP contribution is -2.38. The molecule has 1 aliphatic carbocycles. The highest BCUT2D eigenvalue weighted by molar-refractivity contribution is 7.07. The number of hydrogen-bond acceptors (Lipinski definition) is 5. The second-order valence-corrected chi connectivity index (χ2v) is 13.0. The van der Waals surface area contributed by atoms with Gasteiger partial charge in [0.2, 0.25) is 0 Å². The summed E-state index contributed by atoms with van der Waals surface area (Å²) in [5.74, 6) is 1.28. The predicted molar refractivity (Wildman–Crippen MR) is 185 cm³/mol. The zero-order chi connectivity index (χ0) is 31.4. The maximum Gasteiger partial charge on any atom is 0.271 e. The number of halogens is 1. The average Bonchev–Trinajstić information content (AvgIpc) is 3.60. The number of fused-ring (bicyclic) bond motifs is 4. The Morgan fingerprint density at radius 2 is 1.72 bits per heavy atom. The van der Waals surface area contributed by atoms with Crippen molar-refractivity contribution in [2.24, 2.45) is 4.99 Å². The summed E-state index contributed by atoms with van der Waals surface area (Å²) in [6.45, 7) is 0.626. The Bertz CT molecular complexity index is 2380. The quantitative estimate of drug-likeness (QED) is 0.197. The minimum atomic E-state index is -0.317. The van der Waals surface area contributed by atoms with Crippen LogP contribution in [0.25, 0.3) is 22.7 Å². The third-order valence-electron chi connectivity index (χ3n) is 9.00. The molecule has 1 atom stereocenters. The van der Waals surface area contributed by atoms with Crippen LogP contribution < -0.4 is 24.4 Å². The number of allylic oxidation sites excluding steroid dienone is 1. The number of thiazole rings is 1. The molecule has 4 aromatic carbocycles. The molecule has 0 saturated heterocycles. The van der Waals surface area contributed by atoms with E-state index >= 15 is 0 Å². The first-order valence-corrected chi connectivity index (χ1v) is 16.4. The number of benzene rings is 4. The van der Waals surface area contributed by atoms with Crippen molar-refractivity contribution in [3.63, 3.8) is 0 Å². The molecule has 228 valence electrons. The summed E-state index contributed by atoms with van der Waals surface area (Å²) in [6.07, 6.45) is 5.83. The van der Waals surface area contributed by atoms with Crippen molar-refractivity contribution in [2.75, 3.05) is 14.2 Å². The van der Waals surface area contributed by atoms with Crippen LogP contribution in [-0.4, -0.2) is 23.4 Å². The van der Waals surface area contributed by atoms with Crippen LogP contribution in [0.5, 0.6) is 11.5 Å². The summed E-state index contributed by atoms with van der Waals surface area (Å²) in [5, 5.41) is 1.81. The van der Waals surface area contributed by atoms with E-state index in [1.807, 2.05) is 65.2 Å². The molecule has 2 aromatic heterocycles. The van der Waals surface area contributed by atoms with Gasteiger partial charge in [-0.05, 0) is 65.4 Å². The summed E-state index contributed by atoms with van der Waals surface area (Å²) in [7, 11) is 3.27. The van der Waals surface area contributed by atoms with Crippen molar-refractivity contribution in [3.05, 3.63) is 155 Å². The number of aryl methyl sites for hydroxylation is 1. The molecular formula is C38H30ClN3O3S. The first-order chi connectivity index (χ1) is 22.5. The van der Waals surface area contributed by atoms with Gasteiger partial charge in [-0.15, -0.1) is 0 Å². The van der Waals surface area contributed by atoms with E-state index in [9.17, 15) is 4.79 Å². The summed E-state index contributed by atoms with van der Waals surface area (Å²) >= 11 is 7.97. The van der Waals surface area contributed by atoms with Crippen LogP contribution in [0.4, 0.5) is 0 Å². The summed E-state index contributed by atoms with van der Waals surface area (Å²) in [6, 6.07) is 30.2. The molecule has 0 amide bonds. The van der Waals surface area contributed by atoms with Crippen LogP contribution in [-0.2, 0) is 13.0 Å². The molecule has 1 aliphatic heterocycles. The van der Waals surface area contributed by atoms with Crippen LogP contribution >= 0.6 is 22.9 Å². The van der Waals surface area contributed by atoms with Gasteiger partial charge in [-0.3, -0.25) is 9.36 Å². The Morgan fingerprint density at radius 1 is 0.935 bits per heavy atom. The molecule has 0 spiro atoms. The molecule has 3 heterocycles. The van der Waals surface area contributed by atoms with Crippen molar-refractivity contribution in [1.82, 2.24) is 9.13 Å². The van der Waals surface area contributed by atoms with Crippen molar-refractivity contribution in [3.8, 4) is 11.5 Å². The summed E-state index contributed by atoms with van der Waals surface area (Å²) < 4.78 is 15.9. The lowest BCUT2D eigenvalue weighted by Gasteiger charge is -2.31. The van der Waals surface area contributed by atoms with E-state index in [2.05, 4.69) is 47.2 Å². The molecule has 2 aliphatic rings. The molecule has 6 nitrogen and oxygen atoms in total. The van der Waals surface area contributed by atoms with Gasteiger partial charge >= 0.3 is 0 Å². The highest BCUT2D eigenvalue weighted by atomic mass is 35.5. The van der Waals surface area contributed by atoms with Crippen LogP contribution in [0.3, 0.4) is 0 Å². The minimum absolute atomic E-state index is 0.0584. The van der Waals surface area contributed by atoms with E-state index in [0.29, 0.717) is 27.4 Å². The predicted octanol–water partition coefficient (Wildman–Crippen LogP) is 6.99. The molecule has 46 heavy (non-hydrogen) atoms. The van der Waals surface area contributed by atoms with Crippen molar-refractivity contribution >= 4 is 45.6 Å². The third kappa shape index (κ3) is 4.70. The summed E-state index contributed by atoms with van der Waals surface area (Å²) in [5.41, 5.74) is 8.52.